The molecular formula is C7H5NNaS. The number of fused-ring (bicyclic) bond motifs is 1. The monoisotopic (exact) mass is 158 g/mol. The second kappa shape index (κ2) is 3.49. The zero-order chi connectivity index (χ0) is 6.10. The minimum Gasteiger partial charge on any atom is -0.200 e. The van der Waals surface area contributed by atoms with Crippen molar-refractivity contribution in [3.05, 3.63) is 30.5 Å². The smallest absolute Gasteiger partial charge is 0.0549 e. The Balaban J connectivity index is 0.000000500. The van der Waals surface area contributed by atoms with Gasteiger partial charge in [0.25, 0.3) is 0 Å². The summed E-state index contributed by atoms with van der Waals surface area (Å²) in [6.07, 6.45) is 1.89. The van der Waals surface area contributed by atoms with Gasteiger partial charge in [0, 0.05) is 41.1 Å². The molecule has 0 saturated carbocycles. The molecule has 0 saturated heterocycles. The third-order valence-corrected chi connectivity index (χ3v) is 2.04. The Kier molecular flexibility index (Phi) is 2.86. The molecule has 0 bridgehead atoms. The molecule has 1 aromatic carbocycles. The third kappa shape index (κ3) is 1.40. The second-order valence-electron chi connectivity index (χ2n) is 1.86. The van der Waals surface area contributed by atoms with Gasteiger partial charge in [-0.3, -0.25) is 0 Å². The van der Waals surface area contributed by atoms with Crippen LogP contribution in [0.15, 0.2) is 30.5 Å². The summed E-state index contributed by atoms with van der Waals surface area (Å²) in [7, 11) is 0. The van der Waals surface area contributed by atoms with Crippen LogP contribution in [0.5, 0.6) is 0 Å². The Labute approximate surface area is 85.5 Å². The molecule has 0 N–H and O–H groups in total. The average molecular weight is 158 g/mol. The molecule has 0 atom stereocenters. The SMILES string of the molecule is [Na].c1ccc2sncc2c1. The van der Waals surface area contributed by atoms with Gasteiger partial charge in [0.1, 0.15) is 0 Å². The van der Waals surface area contributed by atoms with Gasteiger partial charge in [-0.1, -0.05) is 18.2 Å². The van der Waals surface area contributed by atoms with Crippen LogP contribution in [0.25, 0.3) is 10.1 Å². The Hall–Kier alpha value is 0.110. The van der Waals surface area contributed by atoms with E-state index in [0.717, 1.165) is 0 Å². The number of benzene rings is 1. The molecule has 0 aliphatic carbocycles. The van der Waals surface area contributed by atoms with E-state index >= 15 is 0 Å². The van der Waals surface area contributed by atoms with Crippen molar-refractivity contribution in [1.29, 1.82) is 0 Å². The summed E-state index contributed by atoms with van der Waals surface area (Å²) < 4.78 is 5.30. The molecule has 0 fully saturated rings. The number of hydrogen-bond donors (Lipinski definition) is 0. The van der Waals surface area contributed by atoms with Crippen LogP contribution in [0.2, 0.25) is 0 Å². The Bertz CT molecular complexity index is 288. The van der Waals surface area contributed by atoms with Crippen LogP contribution in [-0.4, -0.2) is 33.9 Å². The predicted octanol–water partition coefficient (Wildman–Crippen LogP) is 1.92. The van der Waals surface area contributed by atoms with Crippen LogP contribution >= 0.6 is 11.5 Å². The molecule has 0 aliphatic heterocycles. The average Bonchev–Trinajstić information content (AvgIpc) is 2.33. The fraction of sp³-hybridized carbons (Fsp3) is 0. The van der Waals surface area contributed by atoms with Gasteiger partial charge in [-0.2, -0.15) is 4.37 Å². The van der Waals surface area contributed by atoms with Crippen LogP contribution in [-0.2, 0) is 0 Å². The minimum atomic E-state index is 0. The van der Waals surface area contributed by atoms with E-state index in [-0.39, 0.29) is 29.6 Å². The normalized spacial score (nSPS) is 9.20. The first-order valence-electron chi connectivity index (χ1n) is 2.76. The van der Waals surface area contributed by atoms with Gasteiger partial charge in [-0.15, -0.1) is 0 Å². The maximum Gasteiger partial charge on any atom is 0.0549 e. The molecule has 0 spiro atoms. The van der Waals surface area contributed by atoms with E-state index in [0.29, 0.717) is 0 Å². The van der Waals surface area contributed by atoms with Crippen LogP contribution in [0, 0.1) is 0 Å². The third-order valence-electron chi connectivity index (χ3n) is 1.26. The molecule has 0 amide bonds. The standard InChI is InChI=1S/C7H5NS.Na/c1-2-4-7-6(3-1)5-8-9-7;/h1-5H;. The van der Waals surface area contributed by atoms with Crippen molar-refractivity contribution in [3.8, 4) is 0 Å². The summed E-state index contributed by atoms with van der Waals surface area (Å²) in [6, 6.07) is 8.20. The molecule has 2 aromatic rings. The molecule has 1 heterocycles. The van der Waals surface area contributed by atoms with Crippen molar-refractivity contribution in [2.24, 2.45) is 0 Å². The molecular weight excluding hydrogens is 153 g/mol. The Morgan fingerprint density at radius 3 is 2.80 bits per heavy atom. The fourth-order valence-electron chi connectivity index (χ4n) is 0.810. The van der Waals surface area contributed by atoms with Crippen LogP contribution < -0.4 is 0 Å². The predicted molar refractivity (Wildman–Crippen MR) is 45.4 cm³/mol. The van der Waals surface area contributed by atoms with E-state index in [1.807, 2.05) is 18.3 Å². The van der Waals surface area contributed by atoms with Crippen LogP contribution in [0.1, 0.15) is 0 Å². The maximum atomic E-state index is 4.04. The van der Waals surface area contributed by atoms with Crippen molar-refractivity contribution in [2.45, 2.75) is 0 Å². The van der Waals surface area contributed by atoms with E-state index < -0.39 is 0 Å². The van der Waals surface area contributed by atoms with Gasteiger partial charge in [0.2, 0.25) is 0 Å². The van der Waals surface area contributed by atoms with Gasteiger partial charge in [-0.25, -0.2) is 0 Å². The first kappa shape index (κ1) is 8.21. The molecule has 10 heavy (non-hydrogen) atoms. The fourth-order valence-corrected chi connectivity index (χ4v) is 1.46. The maximum absolute atomic E-state index is 4.04. The van der Waals surface area contributed by atoms with Crippen molar-refractivity contribution in [3.63, 3.8) is 0 Å². The quantitative estimate of drug-likeness (QED) is 0.534. The van der Waals surface area contributed by atoms with Gasteiger partial charge < -0.3 is 0 Å². The topological polar surface area (TPSA) is 12.9 Å². The van der Waals surface area contributed by atoms with E-state index in [4.69, 9.17) is 0 Å². The summed E-state index contributed by atoms with van der Waals surface area (Å²) in [4.78, 5) is 0. The van der Waals surface area contributed by atoms with Crippen molar-refractivity contribution >= 4 is 51.2 Å². The van der Waals surface area contributed by atoms with E-state index in [1.54, 1.807) is 0 Å². The summed E-state index contributed by atoms with van der Waals surface area (Å²) in [6.45, 7) is 0. The first-order valence-corrected chi connectivity index (χ1v) is 3.53. The first-order chi connectivity index (χ1) is 4.47. The summed E-state index contributed by atoms with van der Waals surface area (Å²) in [5, 5.41) is 1.24. The summed E-state index contributed by atoms with van der Waals surface area (Å²) in [5.74, 6) is 0. The summed E-state index contributed by atoms with van der Waals surface area (Å²) in [5.41, 5.74) is 0. The number of rotatable bonds is 0. The molecule has 3 heteroatoms. The molecule has 0 unspecified atom stereocenters. The van der Waals surface area contributed by atoms with Gasteiger partial charge in [-0.05, 0) is 17.6 Å². The molecule has 0 aliphatic rings. The van der Waals surface area contributed by atoms with Gasteiger partial charge in [0.05, 0.1) is 4.70 Å². The van der Waals surface area contributed by atoms with Crippen molar-refractivity contribution < 1.29 is 0 Å². The largest absolute Gasteiger partial charge is 0.200 e. The molecule has 2 rings (SSSR count). The zero-order valence-corrected chi connectivity index (χ0v) is 8.56. The molecule has 1 nitrogen and oxygen atoms in total. The Morgan fingerprint density at radius 1 is 1.20 bits per heavy atom. The van der Waals surface area contributed by atoms with Crippen molar-refractivity contribution in [2.75, 3.05) is 0 Å². The summed E-state index contributed by atoms with van der Waals surface area (Å²) >= 11 is 1.54. The molecule has 45 valence electrons. The van der Waals surface area contributed by atoms with E-state index in [1.165, 1.54) is 21.6 Å². The molecule has 1 aromatic heterocycles. The number of aromatic nitrogens is 1. The van der Waals surface area contributed by atoms with Gasteiger partial charge >= 0.3 is 0 Å². The van der Waals surface area contributed by atoms with E-state index in [2.05, 4.69) is 16.5 Å². The Morgan fingerprint density at radius 2 is 2.00 bits per heavy atom. The van der Waals surface area contributed by atoms with Crippen LogP contribution in [0.4, 0.5) is 0 Å². The van der Waals surface area contributed by atoms with Crippen LogP contribution in [0.3, 0.4) is 0 Å². The zero-order valence-electron chi connectivity index (χ0n) is 5.74. The second-order valence-corrected chi connectivity index (χ2v) is 2.70. The van der Waals surface area contributed by atoms with E-state index in [9.17, 15) is 0 Å². The van der Waals surface area contributed by atoms with Gasteiger partial charge in [0.15, 0.2) is 0 Å². The number of hydrogen-bond acceptors (Lipinski definition) is 2. The minimum absolute atomic E-state index is 0. The number of nitrogens with zero attached hydrogens (tertiary/aromatic N) is 1. The molecule has 1 radical (unpaired) electrons. The van der Waals surface area contributed by atoms with Crippen molar-refractivity contribution in [1.82, 2.24) is 4.37 Å².